The molecule has 0 spiro atoms. The van der Waals surface area contributed by atoms with Crippen molar-refractivity contribution in [2.75, 3.05) is 30.5 Å². The summed E-state index contributed by atoms with van der Waals surface area (Å²) in [4.78, 5) is 2.12. The van der Waals surface area contributed by atoms with Gasteiger partial charge < -0.3 is 4.90 Å². The average molecular weight is 412 g/mol. The molecule has 1 aromatic carbocycles. The third kappa shape index (κ3) is 4.35. The van der Waals surface area contributed by atoms with Gasteiger partial charge in [0, 0.05) is 38.3 Å². The van der Waals surface area contributed by atoms with E-state index in [1.165, 1.54) is 17.7 Å². The Morgan fingerprint density at radius 1 is 1.07 bits per heavy atom. The number of aryl methyl sites for hydroxylation is 1. The quantitative estimate of drug-likeness (QED) is 0.748. The Balaban J connectivity index is 1.85. The van der Waals surface area contributed by atoms with Crippen molar-refractivity contribution in [2.45, 2.75) is 42.0 Å². The van der Waals surface area contributed by atoms with Crippen LogP contribution in [0.25, 0.3) is 0 Å². The minimum absolute atomic E-state index is 0.0218. The molecule has 0 radical (unpaired) electrons. The SMILES string of the molecule is CCn1cc(C2CCN(c3ccc(S(C)(=O)=O)cc3S(C)(=O)=O)CC2)cn1. The van der Waals surface area contributed by atoms with Gasteiger partial charge in [-0.3, -0.25) is 4.68 Å². The molecule has 0 N–H and O–H groups in total. The number of benzene rings is 1. The third-order valence-corrected chi connectivity index (χ3v) is 7.28. The first kappa shape index (κ1) is 19.9. The van der Waals surface area contributed by atoms with Gasteiger partial charge in [-0.1, -0.05) is 0 Å². The summed E-state index contributed by atoms with van der Waals surface area (Å²) in [6.07, 6.45) is 7.97. The molecule has 1 saturated heterocycles. The zero-order valence-corrected chi connectivity index (χ0v) is 17.4. The fraction of sp³-hybridized carbons (Fsp3) is 0.500. The van der Waals surface area contributed by atoms with E-state index in [4.69, 9.17) is 0 Å². The number of nitrogens with zero attached hydrogens (tertiary/aromatic N) is 3. The molecule has 1 aliphatic heterocycles. The number of aromatic nitrogens is 2. The van der Waals surface area contributed by atoms with E-state index in [0.717, 1.165) is 31.9 Å². The number of rotatable bonds is 5. The molecule has 7 nitrogen and oxygen atoms in total. The maximum atomic E-state index is 12.3. The van der Waals surface area contributed by atoms with Crippen molar-refractivity contribution in [3.05, 3.63) is 36.2 Å². The molecule has 1 aliphatic rings. The van der Waals surface area contributed by atoms with Gasteiger partial charge >= 0.3 is 0 Å². The minimum atomic E-state index is -3.55. The Bertz CT molecular complexity index is 1030. The molecule has 0 amide bonds. The maximum Gasteiger partial charge on any atom is 0.177 e. The average Bonchev–Trinajstić information content (AvgIpc) is 3.09. The number of anilines is 1. The monoisotopic (exact) mass is 411 g/mol. The molecule has 9 heteroatoms. The standard InChI is InChI=1S/C18H25N3O4S2/c1-4-21-13-15(12-19-21)14-7-9-20(10-8-14)17-6-5-16(26(2,22)23)11-18(17)27(3,24)25/h5-6,11-14H,4,7-10H2,1-3H3. The first-order chi connectivity index (χ1) is 12.6. The highest BCUT2D eigenvalue weighted by molar-refractivity contribution is 7.91. The molecule has 0 atom stereocenters. The van der Waals surface area contributed by atoms with Crippen LogP contribution in [0.2, 0.25) is 0 Å². The van der Waals surface area contributed by atoms with Crippen LogP contribution in [0.15, 0.2) is 40.4 Å². The van der Waals surface area contributed by atoms with Crippen LogP contribution in [0.4, 0.5) is 5.69 Å². The van der Waals surface area contributed by atoms with E-state index < -0.39 is 19.7 Å². The van der Waals surface area contributed by atoms with Gasteiger partial charge in [-0.2, -0.15) is 5.10 Å². The van der Waals surface area contributed by atoms with Gasteiger partial charge in [0.1, 0.15) is 0 Å². The summed E-state index contributed by atoms with van der Waals surface area (Å²) in [5.41, 5.74) is 1.79. The van der Waals surface area contributed by atoms with Crippen molar-refractivity contribution >= 4 is 25.4 Å². The van der Waals surface area contributed by atoms with Crippen molar-refractivity contribution in [1.82, 2.24) is 9.78 Å². The largest absolute Gasteiger partial charge is 0.370 e. The second kappa shape index (κ2) is 7.27. The van der Waals surface area contributed by atoms with E-state index in [9.17, 15) is 16.8 Å². The summed E-state index contributed by atoms with van der Waals surface area (Å²) in [5.74, 6) is 0.401. The fourth-order valence-corrected chi connectivity index (χ4v) is 5.14. The first-order valence-corrected chi connectivity index (χ1v) is 12.7. The summed E-state index contributed by atoms with van der Waals surface area (Å²) in [5, 5.41) is 4.33. The number of piperidine rings is 1. The van der Waals surface area contributed by atoms with Crippen LogP contribution in [0, 0.1) is 0 Å². The van der Waals surface area contributed by atoms with Crippen LogP contribution in [0.3, 0.4) is 0 Å². The lowest BCUT2D eigenvalue weighted by molar-refractivity contribution is 0.502. The number of sulfone groups is 2. The summed E-state index contributed by atoms with van der Waals surface area (Å²) in [7, 11) is -7.02. The molecule has 2 aromatic rings. The highest BCUT2D eigenvalue weighted by atomic mass is 32.2. The summed E-state index contributed by atoms with van der Waals surface area (Å²) >= 11 is 0. The predicted octanol–water partition coefficient (Wildman–Crippen LogP) is 2.09. The van der Waals surface area contributed by atoms with Gasteiger partial charge in [-0.15, -0.1) is 0 Å². The second-order valence-corrected chi connectivity index (χ2v) is 11.1. The first-order valence-electron chi connectivity index (χ1n) is 8.91. The maximum absolute atomic E-state index is 12.3. The number of hydrogen-bond donors (Lipinski definition) is 0. The molecule has 0 saturated carbocycles. The third-order valence-electron chi connectivity index (χ3n) is 5.04. The second-order valence-electron chi connectivity index (χ2n) is 7.06. The number of hydrogen-bond acceptors (Lipinski definition) is 6. The molecule has 148 valence electrons. The summed E-state index contributed by atoms with van der Waals surface area (Å²) < 4.78 is 50.1. The van der Waals surface area contributed by atoms with Gasteiger partial charge in [0.25, 0.3) is 0 Å². The Morgan fingerprint density at radius 2 is 1.74 bits per heavy atom. The Hall–Kier alpha value is -1.87. The predicted molar refractivity (Wildman–Crippen MR) is 105 cm³/mol. The van der Waals surface area contributed by atoms with Crippen molar-refractivity contribution in [2.24, 2.45) is 0 Å². The van der Waals surface area contributed by atoms with E-state index in [-0.39, 0.29) is 9.79 Å². The van der Waals surface area contributed by atoms with E-state index in [2.05, 4.69) is 11.3 Å². The normalized spacial score (nSPS) is 16.6. The summed E-state index contributed by atoms with van der Waals surface area (Å²) in [6.45, 7) is 4.31. The van der Waals surface area contributed by atoms with Gasteiger partial charge in [0.15, 0.2) is 19.7 Å². The molecule has 27 heavy (non-hydrogen) atoms. The molecule has 1 fully saturated rings. The molecular weight excluding hydrogens is 386 g/mol. The molecule has 0 aliphatic carbocycles. The van der Waals surface area contributed by atoms with E-state index in [1.807, 2.05) is 22.7 Å². The zero-order valence-electron chi connectivity index (χ0n) is 15.8. The minimum Gasteiger partial charge on any atom is -0.370 e. The lowest BCUT2D eigenvalue weighted by Gasteiger charge is -2.34. The smallest absolute Gasteiger partial charge is 0.177 e. The Labute approximate surface area is 160 Å². The summed E-state index contributed by atoms with van der Waals surface area (Å²) in [6, 6.07) is 4.37. The van der Waals surface area contributed by atoms with E-state index in [0.29, 0.717) is 24.7 Å². The van der Waals surface area contributed by atoms with Crippen LogP contribution in [0.1, 0.15) is 31.2 Å². The zero-order chi connectivity index (χ0) is 19.8. The Morgan fingerprint density at radius 3 is 2.26 bits per heavy atom. The van der Waals surface area contributed by atoms with Crippen molar-refractivity contribution < 1.29 is 16.8 Å². The van der Waals surface area contributed by atoms with Gasteiger partial charge in [-0.25, -0.2) is 16.8 Å². The van der Waals surface area contributed by atoms with Crippen molar-refractivity contribution in [3.8, 4) is 0 Å². The van der Waals surface area contributed by atoms with Gasteiger partial charge in [0.05, 0.1) is 21.7 Å². The molecule has 0 unspecified atom stereocenters. The highest BCUT2D eigenvalue weighted by Gasteiger charge is 2.26. The van der Waals surface area contributed by atoms with Gasteiger partial charge in [-0.05, 0) is 49.4 Å². The topological polar surface area (TPSA) is 89.3 Å². The lowest BCUT2D eigenvalue weighted by Crippen LogP contribution is -2.33. The molecular formula is C18H25N3O4S2. The van der Waals surface area contributed by atoms with E-state index >= 15 is 0 Å². The highest BCUT2D eigenvalue weighted by Crippen LogP contribution is 2.34. The molecule has 0 bridgehead atoms. The van der Waals surface area contributed by atoms with Crippen LogP contribution in [0.5, 0.6) is 0 Å². The van der Waals surface area contributed by atoms with Crippen molar-refractivity contribution in [3.63, 3.8) is 0 Å². The fourth-order valence-electron chi connectivity index (χ4n) is 3.50. The van der Waals surface area contributed by atoms with Crippen molar-refractivity contribution in [1.29, 1.82) is 0 Å². The molecule has 2 heterocycles. The lowest BCUT2D eigenvalue weighted by atomic mass is 9.91. The van der Waals surface area contributed by atoms with Crippen LogP contribution >= 0.6 is 0 Å². The molecule has 1 aromatic heterocycles. The molecule has 3 rings (SSSR count). The van der Waals surface area contributed by atoms with Crippen LogP contribution in [-0.4, -0.2) is 52.2 Å². The van der Waals surface area contributed by atoms with E-state index in [1.54, 1.807) is 6.07 Å². The van der Waals surface area contributed by atoms with Crippen LogP contribution < -0.4 is 4.90 Å². The Kier molecular flexibility index (Phi) is 5.36. The van der Waals surface area contributed by atoms with Gasteiger partial charge in [0.2, 0.25) is 0 Å². The van der Waals surface area contributed by atoms with Crippen LogP contribution in [-0.2, 0) is 26.2 Å².